The molecule has 0 aliphatic rings. The predicted octanol–water partition coefficient (Wildman–Crippen LogP) is 1.50. The topological polar surface area (TPSA) is 98.3 Å². The van der Waals surface area contributed by atoms with E-state index >= 15 is 0 Å². The van der Waals surface area contributed by atoms with Crippen molar-refractivity contribution in [2.24, 2.45) is 7.05 Å². The Morgan fingerprint density at radius 3 is 2.80 bits per heavy atom. The summed E-state index contributed by atoms with van der Waals surface area (Å²) in [6.07, 6.45) is 2.22. The molecule has 1 N–H and O–H groups in total. The van der Waals surface area contributed by atoms with Gasteiger partial charge >= 0.3 is 6.03 Å². The van der Waals surface area contributed by atoms with E-state index in [-0.39, 0.29) is 18.0 Å². The van der Waals surface area contributed by atoms with Crippen molar-refractivity contribution in [2.75, 3.05) is 27.3 Å². The molecule has 138 valence electrons. The Kier molecular flexibility index (Phi) is 6.51. The van der Waals surface area contributed by atoms with Crippen molar-refractivity contribution in [3.8, 4) is 0 Å². The lowest BCUT2D eigenvalue weighted by molar-refractivity contribution is 0.155. The van der Waals surface area contributed by atoms with Gasteiger partial charge in [0.1, 0.15) is 0 Å². The number of amides is 2. The van der Waals surface area contributed by atoms with Crippen LogP contribution >= 0.6 is 0 Å². The summed E-state index contributed by atoms with van der Waals surface area (Å²) < 4.78 is 12.1. The first-order valence-corrected chi connectivity index (χ1v) is 8.23. The van der Waals surface area contributed by atoms with Crippen LogP contribution in [0.4, 0.5) is 4.79 Å². The van der Waals surface area contributed by atoms with Gasteiger partial charge in [-0.2, -0.15) is 10.1 Å². The van der Waals surface area contributed by atoms with Gasteiger partial charge < -0.3 is 19.5 Å². The summed E-state index contributed by atoms with van der Waals surface area (Å²) in [4.78, 5) is 18.3. The summed E-state index contributed by atoms with van der Waals surface area (Å²) in [7, 11) is 5.16. The minimum Gasteiger partial charge on any atom is -0.382 e. The number of hydrogen-bond acceptors (Lipinski definition) is 6. The molecule has 0 spiro atoms. The molecule has 2 amide bonds. The number of nitrogens with one attached hydrogen (secondary N) is 1. The van der Waals surface area contributed by atoms with E-state index in [1.165, 1.54) is 0 Å². The maximum Gasteiger partial charge on any atom is 0.317 e. The second-order valence-electron chi connectivity index (χ2n) is 6.21. The number of methoxy groups -OCH3 is 1. The van der Waals surface area contributed by atoms with Crippen molar-refractivity contribution >= 4 is 6.03 Å². The van der Waals surface area contributed by atoms with E-state index in [1.807, 2.05) is 27.0 Å². The smallest absolute Gasteiger partial charge is 0.317 e. The van der Waals surface area contributed by atoms with E-state index < -0.39 is 0 Å². The van der Waals surface area contributed by atoms with Crippen LogP contribution in [0.2, 0.25) is 0 Å². The summed E-state index contributed by atoms with van der Waals surface area (Å²) in [6.45, 7) is 4.83. The van der Waals surface area contributed by atoms with Gasteiger partial charge in [0, 0.05) is 46.3 Å². The summed E-state index contributed by atoms with van der Waals surface area (Å²) >= 11 is 0. The number of nitrogens with zero attached hydrogens (tertiary/aromatic N) is 5. The first-order valence-electron chi connectivity index (χ1n) is 8.23. The average molecular weight is 350 g/mol. The minimum atomic E-state index is -0.273. The highest BCUT2D eigenvalue weighted by atomic mass is 16.5. The van der Waals surface area contributed by atoms with Crippen LogP contribution in [-0.4, -0.2) is 58.2 Å². The molecule has 9 nitrogen and oxygen atoms in total. The molecule has 0 aromatic carbocycles. The van der Waals surface area contributed by atoms with Crippen molar-refractivity contribution in [3.63, 3.8) is 0 Å². The lowest BCUT2D eigenvalue weighted by Gasteiger charge is -2.23. The lowest BCUT2D eigenvalue weighted by atomic mass is 10.2. The molecular formula is C16H26N6O3. The van der Waals surface area contributed by atoms with Crippen LogP contribution in [0.3, 0.4) is 0 Å². The first kappa shape index (κ1) is 18.9. The van der Waals surface area contributed by atoms with Gasteiger partial charge in [0.25, 0.3) is 0 Å². The molecular weight excluding hydrogens is 324 g/mol. The van der Waals surface area contributed by atoms with Crippen LogP contribution in [0.5, 0.6) is 0 Å². The molecule has 0 fully saturated rings. The van der Waals surface area contributed by atoms with Gasteiger partial charge in [-0.05, 0) is 6.07 Å². The molecule has 1 atom stereocenters. The molecule has 0 aliphatic carbocycles. The third-order valence-electron chi connectivity index (χ3n) is 3.84. The van der Waals surface area contributed by atoms with Crippen molar-refractivity contribution in [1.29, 1.82) is 0 Å². The van der Waals surface area contributed by atoms with Gasteiger partial charge in [0.2, 0.25) is 5.89 Å². The van der Waals surface area contributed by atoms with Crippen LogP contribution < -0.4 is 5.32 Å². The molecule has 2 aromatic rings. The van der Waals surface area contributed by atoms with E-state index in [9.17, 15) is 4.79 Å². The maximum atomic E-state index is 12.4. The molecule has 0 aliphatic heterocycles. The Hall–Kier alpha value is -2.42. The number of aromatic nitrogens is 4. The van der Waals surface area contributed by atoms with Gasteiger partial charge in [0.15, 0.2) is 5.82 Å². The Balaban J connectivity index is 1.90. The predicted molar refractivity (Wildman–Crippen MR) is 91.1 cm³/mol. The number of urea groups is 1. The highest BCUT2D eigenvalue weighted by molar-refractivity contribution is 5.74. The maximum absolute atomic E-state index is 12.4. The zero-order valence-electron chi connectivity index (χ0n) is 15.4. The van der Waals surface area contributed by atoms with E-state index in [4.69, 9.17) is 9.26 Å². The van der Waals surface area contributed by atoms with Gasteiger partial charge in [0.05, 0.1) is 18.3 Å². The van der Waals surface area contributed by atoms with Crippen LogP contribution in [0, 0.1) is 0 Å². The highest BCUT2D eigenvalue weighted by Crippen LogP contribution is 2.13. The molecule has 2 rings (SSSR count). The standard InChI is InChI=1S/C16H26N6O3/c1-11(2)15-19-14(20-25-15)7-9-21(3)16(23)18-12(10-24-5)13-6-8-17-22(13)4/h6,8,11-12H,7,9-10H2,1-5H3,(H,18,23). The highest BCUT2D eigenvalue weighted by Gasteiger charge is 2.20. The van der Waals surface area contributed by atoms with Crippen molar-refractivity contribution < 1.29 is 14.1 Å². The molecule has 0 radical (unpaired) electrons. The van der Waals surface area contributed by atoms with E-state index in [1.54, 1.807) is 29.9 Å². The van der Waals surface area contributed by atoms with Crippen LogP contribution in [0.15, 0.2) is 16.8 Å². The molecule has 2 aromatic heterocycles. The number of carbonyl (C=O) groups excluding carboxylic acids is 1. The lowest BCUT2D eigenvalue weighted by Crippen LogP contribution is -2.42. The van der Waals surface area contributed by atoms with Crippen LogP contribution in [-0.2, 0) is 18.2 Å². The number of likely N-dealkylation sites (N-methyl/N-ethyl adjacent to an activating group) is 1. The number of hydrogen-bond donors (Lipinski definition) is 1. The van der Waals surface area contributed by atoms with Crippen molar-refractivity contribution in [2.45, 2.75) is 32.2 Å². The second-order valence-corrected chi connectivity index (χ2v) is 6.21. The van der Waals surface area contributed by atoms with E-state index in [0.717, 1.165) is 5.69 Å². The largest absolute Gasteiger partial charge is 0.382 e. The Morgan fingerprint density at radius 2 is 2.24 bits per heavy atom. The van der Waals surface area contributed by atoms with Gasteiger partial charge in [-0.1, -0.05) is 19.0 Å². The molecule has 25 heavy (non-hydrogen) atoms. The van der Waals surface area contributed by atoms with Crippen molar-refractivity contribution in [1.82, 2.24) is 30.1 Å². The summed E-state index contributed by atoms with van der Waals surface area (Å²) in [5.74, 6) is 1.40. The molecule has 0 saturated heterocycles. The summed E-state index contributed by atoms with van der Waals surface area (Å²) in [5.41, 5.74) is 0.878. The average Bonchev–Trinajstić information content (AvgIpc) is 3.21. The number of ether oxygens (including phenoxy) is 1. The summed E-state index contributed by atoms with van der Waals surface area (Å²) in [6, 6.07) is 1.39. The number of rotatable bonds is 8. The van der Waals surface area contributed by atoms with Crippen molar-refractivity contribution in [3.05, 3.63) is 29.7 Å². The molecule has 1 unspecified atom stereocenters. The zero-order chi connectivity index (χ0) is 18.4. The normalized spacial score (nSPS) is 12.4. The third-order valence-corrected chi connectivity index (χ3v) is 3.84. The Morgan fingerprint density at radius 1 is 1.48 bits per heavy atom. The fourth-order valence-corrected chi connectivity index (χ4v) is 2.33. The summed E-state index contributed by atoms with van der Waals surface area (Å²) in [5, 5.41) is 11.0. The minimum absolute atomic E-state index is 0.191. The molecule has 2 heterocycles. The number of carbonyl (C=O) groups is 1. The van der Waals surface area contributed by atoms with Gasteiger partial charge in [-0.15, -0.1) is 0 Å². The molecule has 0 saturated carbocycles. The van der Waals surface area contributed by atoms with E-state index in [0.29, 0.717) is 31.3 Å². The zero-order valence-corrected chi connectivity index (χ0v) is 15.4. The quantitative estimate of drug-likeness (QED) is 0.775. The fraction of sp³-hybridized carbons (Fsp3) is 0.625. The first-order chi connectivity index (χ1) is 11.9. The monoisotopic (exact) mass is 350 g/mol. The number of aryl methyl sites for hydroxylation is 1. The Labute approximate surface area is 147 Å². The van der Waals surface area contributed by atoms with Crippen LogP contribution in [0.1, 0.15) is 43.2 Å². The fourth-order valence-electron chi connectivity index (χ4n) is 2.33. The molecule has 0 bridgehead atoms. The second kappa shape index (κ2) is 8.61. The van der Waals surface area contributed by atoms with E-state index in [2.05, 4.69) is 20.6 Å². The SMILES string of the molecule is COCC(NC(=O)N(C)CCc1noc(C(C)C)n1)c1ccnn1C. The Bertz CT molecular complexity index is 681. The van der Waals surface area contributed by atoms with Gasteiger partial charge in [-0.3, -0.25) is 4.68 Å². The molecule has 9 heteroatoms. The van der Waals surface area contributed by atoms with Crippen LogP contribution in [0.25, 0.3) is 0 Å². The third kappa shape index (κ3) is 5.02. The van der Waals surface area contributed by atoms with Gasteiger partial charge in [-0.25, -0.2) is 4.79 Å².